The molecule has 138 valence electrons. The van der Waals surface area contributed by atoms with Gasteiger partial charge in [-0.05, 0) is 50.3 Å². The fraction of sp³-hybridized carbons (Fsp3) is 0.700. The van der Waals surface area contributed by atoms with Crippen molar-refractivity contribution >= 4 is 0 Å². The first-order chi connectivity index (χ1) is 11.0. The van der Waals surface area contributed by atoms with Crippen LogP contribution in [0.25, 0.3) is 0 Å². The summed E-state index contributed by atoms with van der Waals surface area (Å²) in [6.45, 7) is 15.8. The summed E-state index contributed by atoms with van der Waals surface area (Å²) in [5.41, 5.74) is 2.47. The molecule has 4 nitrogen and oxygen atoms in total. The Morgan fingerprint density at radius 2 is 1.71 bits per heavy atom. The van der Waals surface area contributed by atoms with Gasteiger partial charge in [-0.25, -0.2) is 0 Å². The summed E-state index contributed by atoms with van der Waals surface area (Å²) < 4.78 is 5.81. The molecule has 2 atom stereocenters. The Morgan fingerprint density at radius 3 is 2.17 bits per heavy atom. The first-order valence-corrected chi connectivity index (χ1v) is 8.84. The molecule has 0 heterocycles. The van der Waals surface area contributed by atoms with Crippen molar-refractivity contribution in [1.82, 2.24) is 4.90 Å². The van der Waals surface area contributed by atoms with E-state index >= 15 is 0 Å². The molecule has 0 amide bonds. The van der Waals surface area contributed by atoms with Crippen molar-refractivity contribution in [3.05, 3.63) is 29.3 Å². The highest BCUT2D eigenvalue weighted by Gasteiger charge is 2.18. The average molecular weight is 338 g/mol. The van der Waals surface area contributed by atoms with Crippen LogP contribution in [0.15, 0.2) is 18.2 Å². The van der Waals surface area contributed by atoms with Gasteiger partial charge in [-0.15, -0.1) is 0 Å². The van der Waals surface area contributed by atoms with Crippen LogP contribution in [0.3, 0.4) is 0 Å². The summed E-state index contributed by atoms with van der Waals surface area (Å²) in [5.74, 6) is 0.814. The Labute approximate surface area is 147 Å². The molecule has 0 saturated carbocycles. The van der Waals surface area contributed by atoms with Gasteiger partial charge < -0.3 is 14.9 Å². The van der Waals surface area contributed by atoms with Gasteiger partial charge in [0.2, 0.25) is 0 Å². The largest absolute Gasteiger partial charge is 0.491 e. The number of nitrogens with zero attached hydrogens (tertiary/aromatic N) is 1. The third kappa shape index (κ3) is 6.80. The lowest BCUT2D eigenvalue weighted by Gasteiger charge is -2.29. The molecule has 24 heavy (non-hydrogen) atoms. The topological polar surface area (TPSA) is 52.9 Å². The number of benzene rings is 1. The fourth-order valence-electron chi connectivity index (χ4n) is 2.62. The molecule has 1 rings (SSSR count). The molecule has 0 fully saturated rings. The maximum Gasteiger partial charge on any atom is 0.122 e. The smallest absolute Gasteiger partial charge is 0.122 e. The number of hydrogen-bond donors (Lipinski definition) is 2. The van der Waals surface area contributed by atoms with Gasteiger partial charge in [-0.1, -0.05) is 32.9 Å². The van der Waals surface area contributed by atoms with Crippen molar-refractivity contribution in [3.8, 4) is 5.75 Å². The maximum absolute atomic E-state index is 10.3. The van der Waals surface area contributed by atoms with Crippen LogP contribution < -0.4 is 4.74 Å². The lowest BCUT2D eigenvalue weighted by Crippen LogP contribution is -2.43. The van der Waals surface area contributed by atoms with Crippen molar-refractivity contribution in [3.63, 3.8) is 0 Å². The highest BCUT2D eigenvalue weighted by molar-refractivity contribution is 5.38. The average Bonchev–Trinajstić information content (AvgIpc) is 2.43. The summed E-state index contributed by atoms with van der Waals surface area (Å²) in [6.07, 6.45) is -0.999. The predicted octanol–water partition coefficient (Wildman–Crippen LogP) is 3.12. The zero-order valence-corrected chi connectivity index (χ0v) is 16.3. The molecular weight excluding hydrogens is 302 g/mol. The van der Waals surface area contributed by atoms with E-state index in [0.29, 0.717) is 13.1 Å². The Morgan fingerprint density at radius 1 is 1.08 bits per heavy atom. The van der Waals surface area contributed by atoms with Crippen molar-refractivity contribution < 1.29 is 14.9 Å². The second-order valence-electron chi connectivity index (χ2n) is 8.09. The molecular formula is C20H35NO3. The number of rotatable bonds is 8. The van der Waals surface area contributed by atoms with Gasteiger partial charge in [0, 0.05) is 19.1 Å². The van der Waals surface area contributed by atoms with Crippen molar-refractivity contribution in [1.29, 1.82) is 0 Å². The van der Waals surface area contributed by atoms with Gasteiger partial charge in [-0.3, -0.25) is 4.90 Å². The first-order valence-electron chi connectivity index (χ1n) is 8.84. The molecule has 2 N–H and O–H groups in total. The molecule has 0 radical (unpaired) electrons. The number of aliphatic hydroxyl groups excluding tert-OH is 2. The Bertz CT molecular complexity index is 506. The highest BCUT2D eigenvalue weighted by Crippen LogP contribution is 2.27. The zero-order valence-electron chi connectivity index (χ0n) is 16.3. The standard InChI is InChI=1S/C20H35NO3/c1-14(2)21(11-16(4)22)12-18(23)13-24-19-9-8-17(10-15(19)3)20(5,6)7/h8-10,14,16,18,22-23H,11-13H2,1-7H3. The van der Waals surface area contributed by atoms with E-state index in [0.717, 1.165) is 11.3 Å². The predicted molar refractivity (Wildman–Crippen MR) is 99.8 cm³/mol. The summed E-state index contributed by atoms with van der Waals surface area (Å²) in [5, 5.41) is 19.8. The van der Waals surface area contributed by atoms with Crippen molar-refractivity contribution in [2.24, 2.45) is 0 Å². The molecule has 1 aromatic rings. The van der Waals surface area contributed by atoms with E-state index in [9.17, 15) is 10.2 Å². The minimum absolute atomic E-state index is 0.113. The SMILES string of the molecule is Cc1cc(C(C)(C)C)ccc1OCC(O)CN(CC(C)O)C(C)C. The van der Waals surface area contributed by atoms with E-state index < -0.39 is 12.2 Å². The van der Waals surface area contributed by atoms with Crippen molar-refractivity contribution in [2.75, 3.05) is 19.7 Å². The molecule has 2 unspecified atom stereocenters. The molecule has 0 aliphatic carbocycles. The molecule has 0 aromatic heterocycles. The molecule has 0 bridgehead atoms. The van der Waals surface area contributed by atoms with E-state index in [2.05, 4.69) is 51.7 Å². The van der Waals surface area contributed by atoms with Gasteiger partial charge >= 0.3 is 0 Å². The monoisotopic (exact) mass is 337 g/mol. The lowest BCUT2D eigenvalue weighted by atomic mass is 9.86. The molecule has 0 aliphatic rings. The van der Waals surface area contributed by atoms with Crippen molar-refractivity contribution in [2.45, 2.75) is 72.1 Å². The van der Waals surface area contributed by atoms with Crippen LogP contribution in [-0.4, -0.2) is 53.1 Å². The highest BCUT2D eigenvalue weighted by atomic mass is 16.5. The number of aryl methyl sites for hydroxylation is 1. The number of aliphatic hydroxyl groups is 2. The molecule has 0 aliphatic heterocycles. The van der Waals surface area contributed by atoms with Crippen LogP contribution in [-0.2, 0) is 5.41 Å². The summed E-state index contributed by atoms with van der Waals surface area (Å²) in [4.78, 5) is 2.06. The number of hydrogen-bond acceptors (Lipinski definition) is 4. The molecule has 0 saturated heterocycles. The zero-order chi connectivity index (χ0) is 18.5. The van der Waals surface area contributed by atoms with Gasteiger partial charge in [0.1, 0.15) is 18.5 Å². The van der Waals surface area contributed by atoms with Crippen LogP contribution in [0.1, 0.15) is 52.7 Å². The van der Waals surface area contributed by atoms with E-state index in [1.54, 1.807) is 6.92 Å². The van der Waals surface area contributed by atoms with E-state index in [-0.39, 0.29) is 18.1 Å². The van der Waals surface area contributed by atoms with E-state index in [4.69, 9.17) is 4.74 Å². The molecule has 0 spiro atoms. The lowest BCUT2D eigenvalue weighted by molar-refractivity contribution is 0.0364. The second kappa shape index (κ2) is 8.84. The third-order valence-electron chi connectivity index (χ3n) is 4.15. The van der Waals surface area contributed by atoms with E-state index in [1.165, 1.54) is 5.56 Å². The minimum Gasteiger partial charge on any atom is -0.491 e. The summed E-state index contributed by atoms with van der Waals surface area (Å²) >= 11 is 0. The minimum atomic E-state index is -0.590. The maximum atomic E-state index is 10.3. The molecule has 4 heteroatoms. The summed E-state index contributed by atoms with van der Waals surface area (Å²) in [7, 11) is 0. The third-order valence-corrected chi connectivity index (χ3v) is 4.15. The fourth-order valence-corrected chi connectivity index (χ4v) is 2.62. The van der Waals surface area contributed by atoms with Gasteiger partial charge in [-0.2, -0.15) is 0 Å². The Kier molecular flexibility index (Phi) is 7.71. The normalized spacial score (nSPS) is 15.0. The van der Waals surface area contributed by atoms with Gasteiger partial charge in [0.15, 0.2) is 0 Å². The van der Waals surface area contributed by atoms with E-state index in [1.807, 2.05) is 13.0 Å². The quantitative estimate of drug-likeness (QED) is 0.765. The molecule has 1 aromatic carbocycles. The van der Waals surface area contributed by atoms with Crippen LogP contribution in [0, 0.1) is 6.92 Å². The van der Waals surface area contributed by atoms with Gasteiger partial charge in [0.25, 0.3) is 0 Å². The second-order valence-corrected chi connectivity index (χ2v) is 8.09. The van der Waals surface area contributed by atoms with Crippen LogP contribution >= 0.6 is 0 Å². The first kappa shape index (κ1) is 20.9. The van der Waals surface area contributed by atoms with Crippen LogP contribution in [0.2, 0.25) is 0 Å². The van der Waals surface area contributed by atoms with Crippen LogP contribution in [0.5, 0.6) is 5.75 Å². The van der Waals surface area contributed by atoms with Gasteiger partial charge in [0.05, 0.1) is 6.10 Å². The Balaban J connectivity index is 2.62. The number of ether oxygens (including phenoxy) is 1. The van der Waals surface area contributed by atoms with Crippen LogP contribution in [0.4, 0.5) is 0 Å². The summed E-state index contributed by atoms with van der Waals surface area (Å²) in [6, 6.07) is 6.48. The Hall–Kier alpha value is -1.10.